The maximum absolute atomic E-state index is 12.6. The lowest BCUT2D eigenvalue weighted by Gasteiger charge is -2.31. The molecule has 23 heavy (non-hydrogen) atoms. The molecule has 1 saturated heterocycles. The average molecular weight is 317 g/mol. The first-order valence-corrected chi connectivity index (χ1v) is 7.65. The second-order valence-corrected chi connectivity index (χ2v) is 5.86. The Labute approximate surface area is 133 Å². The average Bonchev–Trinajstić information content (AvgIpc) is 3.39. The molecular weight excluding hydrogens is 298 g/mol. The molecule has 0 unspecified atom stereocenters. The summed E-state index contributed by atoms with van der Waals surface area (Å²) in [5.74, 6) is -0.685. The Bertz CT molecular complexity index is 642. The lowest BCUT2D eigenvalue weighted by molar-refractivity contribution is -0.133. The Balaban J connectivity index is 1.69. The lowest BCUT2D eigenvalue weighted by Crippen LogP contribution is -2.50. The molecule has 1 heterocycles. The van der Waals surface area contributed by atoms with Crippen LogP contribution in [0.25, 0.3) is 0 Å². The maximum atomic E-state index is 12.6. The fourth-order valence-corrected chi connectivity index (χ4v) is 2.51. The molecule has 1 aliphatic heterocycles. The van der Waals surface area contributed by atoms with E-state index in [4.69, 9.17) is 10.5 Å². The van der Waals surface area contributed by atoms with Crippen LogP contribution in [0.5, 0.6) is 0 Å². The fraction of sp³-hybridized carbons (Fsp3) is 0.438. The van der Waals surface area contributed by atoms with Crippen LogP contribution in [0.1, 0.15) is 23.2 Å². The van der Waals surface area contributed by atoms with Gasteiger partial charge < -0.3 is 20.7 Å². The predicted molar refractivity (Wildman–Crippen MR) is 82.6 cm³/mol. The van der Waals surface area contributed by atoms with Crippen molar-refractivity contribution in [3.63, 3.8) is 0 Å². The number of hydrogen-bond acceptors (Lipinski definition) is 4. The number of hydrogen-bond donors (Lipinski definition) is 2. The lowest BCUT2D eigenvalue weighted by atomic mass is 10.1. The number of carbonyl (C=O) groups excluding carboxylic acids is 3. The van der Waals surface area contributed by atoms with E-state index >= 15 is 0 Å². The molecule has 1 atom stereocenters. The van der Waals surface area contributed by atoms with Gasteiger partial charge in [0.2, 0.25) is 11.8 Å². The standard InChI is InChI=1S/C16H19N3O4/c17-14(20)13-9-19(6-7-23-13)16(22)11-2-1-3-12(8-11)18-15(21)10-4-5-10/h1-3,8,10,13H,4-7,9H2,(H2,17,20)(H,18,21)/t13-/m0/s1. The number of ether oxygens (including phenoxy) is 1. The van der Waals surface area contributed by atoms with Gasteiger partial charge in [-0.1, -0.05) is 6.07 Å². The first kappa shape index (κ1) is 15.5. The van der Waals surface area contributed by atoms with Gasteiger partial charge >= 0.3 is 0 Å². The predicted octanol–water partition coefficient (Wildman–Crippen LogP) is 0.361. The Morgan fingerprint density at radius 3 is 2.74 bits per heavy atom. The summed E-state index contributed by atoms with van der Waals surface area (Å²) < 4.78 is 5.24. The van der Waals surface area contributed by atoms with E-state index in [1.54, 1.807) is 29.2 Å². The zero-order valence-corrected chi connectivity index (χ0v) is 12.7. The molecule has 1 saturated carbocycles. The van der Waals surface area contributed by atoms with E-state index in [1.807, 2.05) is 0 Å². The molecule has 0 radical (unpaired) electrons. The molecular formula is C16H19N3O4. The number of amides is 3. The van der Waals surface area contributed by atoms with Gasteiger partial charge in [0.1, 0.15) is 0 Å². The molecule has 0 aromatic heterocycles. The van der Waals surface area contributed by atoms with Gasteiger partial charge in [-0.05, 0) is 31.0 Å². The topological polar surface area (TPSA) is 102 Å². The Kier molecular flexibility index (Phi) is 4.29. The molecule has 7 heteroatoms. The van der Waals surface area contributed by atoms with E-state index in [9.17, 15) is 14.4 Å². The minimum atomic E-state index is -0.773. The molecule has 2 aliphatic rings. The number of benzene rings is 1. The van der Waals surface area contributed by atoms with Crippen LogP contribution in [0.3, 0.4) is 0 Å². The van der Waals surface area contributed by atoms with Crippen LogP contribution in [-0.4, -0.2) is 48.4 Å². The molecule has 1 aliphatic carbocycles. The van der Waals surface area contributed by atoms with Crippen LogP contribution in [-0.2, 0) is 14.3 Å². The summed E-state index contributed by atoms with van der Waals surface area (Å²) in [6.45, 7) is 0.825. The Morgan fingerprint density at radius 1 is 1.26 bits per heavy atom. The highest BCUT2D eigenvalue weighted by Gasteiger charge is 2.30. The van der Waals surface area contributed by atoms with Crippen molar-refractivity contribution in [3.05, 3.63) is 29.8 Å². The highest BCUT2D eigenvalue weighted by molar-refractivity contribution is 5.98. The Morgan fingerprint density at radius 2 is 2.04 bits per heavy atom. The number of primary amides is 1. The number of nitrogens with one attached hydrogen (secondary N) is 1. The maximum Gasteiger partial charge on any atom is 0.254 e. The summed E-state index contributed by atoms with van der Waals surface area (Å²) in [6.07, 6.45) is 1.07. The summed E-state index contributed by atoms with van der Waals surface area (Å²) in [5, 5.41) is 2.82. The number of anilines is 1. The molecule has 0 spiro atoms. The van der Waals surface area contributed by atoms with Gasteiger partial charge in [-0.3, -0.25) is 14.4 Å². The van der Waals surface area contributed by atoms with E-state index in [-0.39, 0.29) is 30.9 Å². The van der Waals surface area contributed by atoms with Crippen molar-refractivity contribution >= 4 is 23.4 Å². The molecule has 0 bridgehead atoms. The quantitative estimate of drug-likeness (QED) is 0.837. The van der Waals surface area contributed by atoms with Crippen LogP contribution in [0.2, 0.25) is 0 Å². The van der Waals surface area contributed by atoms with E-state index < -0.39 is 12.0 Å². The number of carbonyl (C=O) groups is 3. The van der Waals surface area contributed by atoms with Crippen LogP contribution in [0, 0.1) is 5.92 Å². The van der Waals surface area contributed by atoms with Crippen molar-refractivity contribution in [3.8, 4) is 0 Å². The molecule has 2 fully saturated rings. The van der Waals surface area contributed by atoms with Gasteiger partial charge in [0.05, 0.1) is 13.2 Å². The first-order chi connectivity index (χ1) is 11.0. The number of rotatable bonds is 4. The zero-order valence-electron chi connectivity index (χ0n) is 12.7. The van der Waals surface area contributed by atoms with E-state index in [0.29, 0.717) is 17.8 Å². The van der Waals surface area contributed by atoms with Gasteiger partial charge in [-0.15, -0.1) is 0 Å². The third-order valence-electron chi connectivity index (χ3n) is 4.00. The van der Waals surface area contributed by atoms with Crippen molar-refractivity contribution in [2.24, 2.45) is 11.7 Å². The van der Waals surface area contributed by atoms with Crippen LogP contribution in [0.15, 0.2) is 24.3 Å². The second kappa shape index (κ2) is 6.37. The molecule has 3 N–H and O–H groups in total. The minimum absolute atomic E-state index is 0.00485. The normalized spacial score (nSPS) is 20.9. The first-order valence-electron chi connectivity index (χ1n) is 7.65. The highest BCUT2D eigenvalue weighted by Crippen LogP contribution is 2.30. The van der Waals surface area contributed by atoms with Crippen LogP contribution >= 0.6 is 0 Å². The molecule has 1 aromatic rings. The number of nitrogens with zero attached hydrogens (tertiary/aromatic N) is 1. The summed E-state index contributed by atoms with van der Waals surface area (Å²) >= 11 is 0. The second-order valence-electron chi connectivity index (χ2n) is 5.86. The highest BCUT2D eigenvalue weighted by atomic mass is 16.5. The summed E-state index contributed by atoms with van der Waals surface area (Å²) in [4.78, 5) is 37.1. The van der Waals surface area contributed by atoms with Gasteiger partial charge in [0.15, 0.2) is 6.10 Å². The van der Waals surface area contributed by atoms with Crippen LogP contribution < -0.4 is 11.1 Å². The van der Waals surface area contributed by atoms with Crippen molar-refractivity contribution in [1.29, 1.82) is 0 Å². The minimum Gasteiger partial charge on any atom is -0.367 e. The molecule has 7 nitrogen and oxygen atoms in total. The SMILES string of the molecule is NC(=O)[C@@H]1CN(C(=O)c2cccc(NC(=O)C3CC3)c2)CCO1. The van der Waals surface area contributed by atoms with E-state index in [1.165, 1.54) is 0 Å². The third kappa shape index (κ3) is 3.68. The van der Waals surface area contributed by atoms with Gasteiger partial charge in [0, 0.05) is 23.7 Å². The van der Waals surface area contributed by atoms with Crippen molar-refractivity contribution < 1.29 is 19.1 Å². The van der Waals surface area contributed by atoms with Gasteiger partial charge in [-0.25, -0.2) is 0 Å². The van der Waals surface area contributed by atoms with Crippen molar-refractivity contribution in [2.75, 3.05) is 25.0 Å². The van der Waals surface area contributed by atoms with E-state index in [0.717, 1.165) is 12.8 Å². The van der Waals surface area contributed by atoms with Crippen LogP contribution in [0.4, 0.5) is 5.69 Å². The summed E-state index contributed by atoms with van der Waals surface area (Å²) in [7, 11) is 0. The van der Waals surface area contributed by atoms with E-state index in [2.05, 4.69) is 5.32 Å². The summed E-state index contributed by atoms with van der Waals surface area (Å²) in [6, 6.07) is 6.81. The zero-order chi connectivity index (χ0) is 16.4. The molecule has 1 aromatic carbocycles. The third-order valence-corrected chi connectivity index (χ3v) is 4.00. The van der Waals surface area contributed by atoms with Gasteiger partial charge in [-0.2, -0.15) is 0 Å². The molecule has 3 rings (SSSR count). The van der Waals surface area contributed by atoms with Gasteiger partial charge in [0.25, 0.3) is 5.91 Å². The Hall–Kier alpha value is -2.41. The monoisotopic (exact) mass is 317 g/mol. The molecule has 122 valence electrons. The smallest absolute Gasteiger partial charge is 0.254 e. The molecule has 3 amide bonds. The fourth-order valence-electron chi connectivity index (χ4n) is 2.51. The van der Waals surface area contributed by atoms with Crippen molar-refractivity contribution in [2.45, 2.75) is 18.9 Å². The van der Waals surface area contributed by atoms with Crippen molar-refractivity contribution in [1.82, 2.24) is 4.90 Å². The summed E-state index contributed by atoms with van der Waals surface area (Å²) in [5.41, 5.74) is 6.30. The number of nitrogens with two attached hydrogens (primary N) is 1. The number of morpholine rings is 1. The largest absolute Gasteiger partial charge is 0.367 e.